The number of anilines is 1. The van der Waals surface area contributed by atoms with E-state index in [2.05, 4.69) is 17.0 Å². The van der Waals surface area contributed by atoms with Gasteiger partial charge in [-0.1, -0.05) is 30.3 Å². The summed E-state index contributed by atoms with van der Waals surface area (Å²) in [5.41, 5.74) is 2.96. The van der Waals surface area contributed by atoms with Gasteiger partial charge < -0.3 is 14.5 Å². The molecule has 3 aromatic carbocycles. The molecule has 1 fully saturated rings. The van der Waals surface area contributed by atoms with E-state index < -0.39 is 17.3 Å². The van der Waals surface area contributed by atoms with Crippen LogP contribution in [0.3, 0.4) is 0 Å². The van der Waals surface area contributed by atoms with Gasteiger partial charge >= 0.3 is 12.1 Å². The van der Waals surface area contributed by atoms with Gasteiger partial charge in [0.2, 0.25) is 0 Å². The summed E-state index contributed by atoms with van der Waals surface area (Å²) in [4.78, 5) is 39.4. The van der Waals surface area contributed by atoms with Crippen molar-refractivity contribution in [1.29, 1.82) is 0 Å². The summed E-state index contributed by atoms with van der Waals surface area (Å²) in [6.45, 7) is 8.08. The van der Waals surface area contributed by atoms with Crippen LogP contribution in [0.1, 0.15) is 61.6 Å². The summed E-state index contributed by atoms with van der Waals surface area (Å²) in [5, 5.41) is 0. The number of aromatic nitrogens is 2. The smallest absolute Gasteiger partial charge is 0.416 e. The number of nitrogens with zero attached hydrogens (tertiary/aromatic N) is 4. The van der Waals surface area contributed by atoms with E-state index in [1.54, 1.807) is 18.2 Å². The number of unbranched alkanes of at least 4 members (excludes halogenated alkanes) is 1. The highest BCUT2D eigenvalue weighted by atomic mass is 19.4. The van der Waals surface area contributed by atoms with Crippen LogP contribution in [0.15, 0.2) is 72.8 Å². The lowest BCUT2D eigenvalue weighted by Crippen LogP contribution is -2.48. The van der Waals surface area contributed by atoms with Crippen LogP contribution in [0, 0.1) is 0 Å². The van der Waals surface area contributed by atoms with Gasteiger partial charge in [0.15, 0.2) is 0 Å². The number of para-hydroxylation sites is 1. The second-order valence-electron chi connectivity index (χ2n) is 12.2. The van der Waals surface area contributed by atoms with Crippen LogP contribution in [0.25, 0.3) is 22.3 Å². The van der Waals surface area contributed by atoms with E-state index in [9.17, 15) is 22.8 Å². The molecule has 0 saturated carbocycles. The summed E-state index contributed by atoms with van der Waals surface area (Å²) in [6.07, 6.45) is -2.62. The van der Waals surface area contributed by atoms with E-state index in [0.29, 0.717) is 65.9 Å². The number of piperazine rings is 1. The Labute approximate surface area is 261 Å². The van der Waals surface area contributed by atoms with Crippen LogP contribution in [0.2, 0.25) is 0 Å². The van der Waals surface area contributed by atoms with Crippen molar-refractivity contribution < 1.29 is 27.5 Å². The molecule has 236 valence electrons. The third kappa shape index (κ3) is 8.17. The predicted octanol–water partition coefficient (Wildman–Crippen LogP) is 7.33. The molecule has 1 amide bonds. The number of ether oxygens (including phenoxy) is 1. The van der Waals surface area contributed by atoms with Crippen molar-refractivity contribution in [3.63, 3.8) is 0 Å². The summed E-state index contributed by atoms with van der Waals surface area (Å²) in [6, 6.07) is 20.2. The van der Waals surface area contributed by atoms with Gasteiger partial charge in [-0.25, -0.2) is 9.97 Å². The van der Waals surface area contributed by atoms with E-state index in [4.69, 9.17) is 14.7 Å². The maximum absolute atomic E-state index is 13.5. The number of rotatable bonds is 8. The number of aryl methyl sites for hydroxylation is 1. The van der Waals surface area contributed by atoms with Crippen molar-refractivity contribution in [2.45, 2.75) is 58.2 Å². The van der Waals surface area contributed by atoms with Crippen molar-refractivity contribution in [1.82, 2.24) is 14.9 Å². The molecule has 1 aromatic heterocycles. The molecule has 2 heterocycles. The van der Waals surface area contributed by atoms with Crippen molar-refractivity contribution in [3.05, 3.63) is 89.6 Å². The molecule has 1 saturated heterocycles. The minimum Gasteiger partial charge on any atom is -0.460 e. The van der Waals surface area contributed by atoms with Crippen LogP contribution in [0.5, 0.6) is 0 Å². The highest BCUT2D eigenvalue weighted by Crippen LogP contribution is 2.32. The summed E-state index contributed by atoms with van der Waals surface area (Å²) >= 11 is 0. The fourth-order valence-corrected chi connectivity index (χ4v) is 5.39. The van der Waals surface area contributed by atoms with Gasteiger partial charge in [0.25, 0.3) is 5.91 Å². The fraction of sp³-hybridized carbons (Fsp3) is 0.371. The van der Waals surface area contributed by atoms with E-state index in [-0.39, 0.29) is 18.3 Å². The first-order valence-electron chi connectivity index (χ1n) is 15.2. The average molecular weight is 619 g/mol. The van der Waals surface area contributed by atoms with Gasteiger partial charge in [-0.05, 0) is 82.5 Å². The van der Waals surface area contributed by atoms with Crippen LogP contribution in [-0.2, 0) is 22.1 Å². The number of amides is 1. The number of carbonyl (C=O) groups is 2. The molecule has 0 N–H and O–H groups in total. The Morgan fingerprint density at radius 3 is 2.16 bits per heavy atom. The highest BCUT2D eigenvalue weighted by Gasteiger charge is 2.30. The Balaban J connectivity index is 1.36. The average Bonchev–Trinajstić information content (AvgIpc) is 3.01. The number of alkyl halides is 3. The number of hydrogen-bond donors (Lipinski definition) is 0. The minimum atomic E-state index is -4.45. The first-order valence-corrected chi connectivity index (χ1v) is 15.2. The molecule has 0 unspecified atom stereocenters. The Morgan fingerprint density at radius 2 is 1.51 bits per heavy atom. The van der Waals surface area contributed by atoms with E-state index in [1.165, 1.54) is 12.1 Å². The standard InChI is InChI=1S/C35H37F3N4O3/c1-34(2,3)45-31(43)12-8-7-11-29-32(24-13-16-26(17-14-24)35(36,37)38)40-28-18-15-25(23-30(28)39-29)33(44)42-21-19-41(20-22-42)27-9-5-4-6-10-27/h4-6,9-10,13-18,23H,7-8,11-12,19-22H2,1-3H3. The normalized spacial score (nSPS) is 14.1. The topological polar surface area (TPSA) is 75.6 Å². The molecule has 10 heteroatoms. The van der Waals surface area contributed by atoms with Crippen LogP contribution >= 0.6 is 0 Å². The highest BCUT2D eigenvalue weighted by molar-refractivity contribution is 5.97. The molecule has 45 heavy (non-hydrogen) atoms. The summed E-state index contributed by atoms with van der Waals surface area (Å²) < 4.78 is 45.1. The summed E-state index contributed by atoms with van der Waals surface area (Å²) in [5.74, 6) is -0.375. The fourth-order valence-electron chi connectivity index (χ4n) is 5.39. The van der Waals surface area contributed by atoms with Crippen LogP contribution < -0.4 is 4.90 Å². The predicted molar refractivity (Wildman–Crippen MR) is 168 cm³/mol. The van der Waals surface area contributed by atoms with Crippen molar-refractivity contribution >= 4 is 28.6 Å². The second-order valence-corrected chi connectivity index (χ2v) is 12.2. The van der Waals surface area contributed by atoms with Gasteiger partial charge in [-0.2, -0.15) is 13.2 Å². The number of hydrogen-bond acceptors (Lipinski definition) is 6. The molecular formula is C35H37F3N4O3. The Morgan fingerprint density at radius 1 is 0.822 bits per heavy atom. The number of halogens is 3. The second kappa shape index (κ2) is 13.3. The molecule has 0 spiro atoms. The minimum absolute atomic E-state index is 0.0860. The summed E-state index contributed by atoms with van der Waals surface area (Å²) in [7, 11) is 0. The SMILES string of the molecule is CC(C)(C)OC(=O)CCCCc1nc2cc(C(=O)N3CCN(c4ccccc4)CC3)ccc2nc1-c1ccc(C(F)(F)F)cc1. The van der Waals surface area contributed by atoms with Gasteiger partial charge in [0.05, 0.1) is 28.0 Å². The number of benzene rings is 3. The largest absolute Gasteiger partial charge is 0.460 e. The van der Waals surface area contributed by atoms with Crippen LogP contribution in [0.4, 0.5) is 18.9 Å². The lowest BCUT2D eigenvalue weighted by atomic mass is 10.0. The molecule has 5 rings (SSSR count). The first-order chi connectivity index (χ1) is 21.4. The zero-order valence-corrected chi connectivity index (χ0v) is 25.7. The first kappa shape index (κ1) is 31.9. The molecular weight excluding hydrogens is 581 g/mol. The van der Waals surface area contributed by atoms with E-state index in [0.717, 1.165) is 30.9 Å². The van der Waals surface area contributed by atoms with E-state index >= 15 is 0 Å². The van der Waals surface area contributed by atoms with Gasteiger partial charge in [-0.15, -0.1) is 0 Å². The maximum atomic E-state index is 13.5. The zero-order chi connectivity index (χ0) is 32.2. The molecule has 1 aliphatic rings. The quantitative estimate of drug-likeness (QED) is 0.152. The monoisotopic (exact) mass is 618 g/mol. The molecule has 0 atom stereocenters. The molecule has 0 radical (unpaired) electrons. The number of esters is 1. The number of fused-ring (bicyclic) bond motifs is 1. The Kier molecular flexibility index (Phi) is 9.41. The lowest BCUT2D eigenvalue weighted by molar-refractivity contribution is -0.155. The Bertz CT molecular complexity index is 1640. The van der Waals surface area contributed by atoms with E-state index in [1.807, 2.05) is 43.9 Å². The third-order valence-corrected chi connectivity index (χ3v) is 7.62. The lowest BCUT2D eigenvalue weighted by Gasteiger charge is -2.36. The van der Waals surface area contributed by atoms with Gasteiger partial charge in [0, 0.05) is 49.4 Å². The maximum Gasteiger partial charge on any atom is 0.416 e. The molecule has 0 bridgehead atoms. The molecule has 7 nitrogen and oxygen atoms in total. The van der Waals surface area contributed by atoms with Crippen molar-refractivity contribution in [2.75, 3.05) is 31.1 Å². The van der Waals surface area contributed by atoms with Gasteiger partial charge in [-0.3, -0.25) is 9.59 Å². The molecule has 1 aliphatic heterocycles. The van der Waals surface area contributed by atoms with Crippen molar-refractivity contribution in [3.8, 4) is 11.3 Å². The molecule has 4 aromatic rings. The Hall–Kier alpha value is -4.47. The zero-order valence-electron chi connectivity index (χ0n) is 25.7. The van der Waals surface area contributed by atoms with Crippen molar-refractivity contribution in [2.24, 2.45) is 0 Å². The van der Waals surface area contributed by atoms with Crippen LogP contribution in [-0.4, -0.2) is 58.5 Å². The molecule has 0 aliphatic carbocycles. The third-order valence-electron chi connectivity index (χ3n) is 7.62. The van der Waals surface area contributed by atoms with Gasteiger partial charge in [0.1, 0.15) is 5.60 Å². The number of carbonyl (C=O) groups excluding carboxylic acids is 2.